The highest BCUT2D eigenvalue weighted by atomic mass is 79.9. The summed E-state index contributed by atoms with van der Waals surface area (Å²) in [5.41, 5.74) is 1.40. The van der Waals surface area contributed by atoms with Crippen LogP contribution in [0.1, 0.15) is 39.2 Å². The van der Waals surface area contributed by atoms with Gasteiger partial charge in [0.15, 0.2) is 0 Å². The minimum absolute atomic E-state index is 0.598. The van der Waals surface area contributed by atoms with Crippen LogP contribution in [0.2, 0.25) is 0 Å². The van der Waals surface area contributed by atoms with Gasteiger partial charge in [-0.2, -0.15) is 0 Å². The molecular weight excluding hydrogens is 274 g/mol. The van der Waals surface area contributed by atoms with Crippen LogP contribution in [0, 0.1) is 5.92 Å². The third kappa shape index (κ3) is 5.69. The summed E-state index contributed by atoms with van der Waals surface area (Å²) in [6, 6.07) is 9.13. The number of benzene rings is 1. The monoisotopic (exact) mass is 297 g/mol. The van der Waals surface area contributed by atoms with Crippen molar-refractivity contribution in [2.24, 2.45) is 5.92 Å². The van der Waals surface area contributed by atoms with Gasteiger partial charge in [0.2, 0.25) is 0 Å². The fraction of sp³-hybridized carbons (Fsp3) is 0.600. The Balaban J connectivity index is 2.56. The zero-order valence-electron chi connectivity index (χ0n) is 11.2. The molecule has 1 nitrogen and oxygen atoms in total. The second kappa shape index (κ2) is 7.88. The van der Waals surface area contributed by atoms with Gasteiger partial charge in [-0.15, -0.1) is 0 Å². The Kier molecular flexibility index (Phi) is 6.83. The second-order valence-electron chi connectivity index (χ2n) is 5.02. The molecule has 96 valence electrons. The molecule has 1 aromatic rings. The zero-order valence-corrected chi connectivity index (χ0v) is 12.8. The molecule has 1 N–H and O–H groups in total. The molecule has 17 heavy (non-hydrogen) atoms. The third-order valence-corrected chi connectivity index (χ3v) is 3.78. The fourth-order valence-electron chi connectivity index (χ4n) is 2.03. The Labute approximate surface area is 114 Å². The highest BCUT2D eigenvalue weighted by Crippen LogP contribution is 2.19. The molecule has 0 saturated carbocycles. The van der Waals surface area contributed by atoms with E-state index in [-0.39, 0.29) is 0 Å². The minimum Gasteiger partial charge on any atom is -0.314 e. The molecule has 0 saturated heterocycles. The number of rotatable bonds is 7. The Hall–Kier alpha value is -0.340. The largest absolute Gasteiger partial charge is 0.314 e. The first kappa shape index (κ1) is 14.7. The molecule has 0 radical (unpaired) electrons. The van der Waals surface area contributed by atoms with Crippen molar-refractivity contribution in [1.29, 1.82) is 0 Å². The number of hydrogen-bond acceptors (Lipinski definition) is 1. The van der Waals surface area contributed by atoms with Crippen LogP contribution in [-0.2, 0) is 6.42 Å². The average Bonchev–Trinajstić information content (AvgIpc) is 2.29. The summed E-state index contributed by atoms with van der Waals surface area (Å²) in [7, 11) is 0. The molecule has 0 aliphatic rings. The number of hydrogen-bond donors (Lipinski definition) is 1. The summed E-state index contributed by atoms with van der Waals surface area (Å²) in [6.45, 7) is 7.82. The van der Waals surface area contributed by atoms with Crippen molar-refractivity contribution in [2.75, 3.05) is 6.54 Å². The van der Waals surface area contributed by atoms with Crippen LogP contribution >= 0.6 is 15.9 Å². The third-order valence-electron chi connectivity index (χ3n) is 3.01. The number of halogens is 1. The quantitative estimate of drug-likeness (QED) is 0.786. The normalized spacial score (nSPS) is 13.0. The first-order chi connectivity index (χ1) is 8.13. The predicted molar refractivity (Wildman–Crippen MR) is 79.4 cm³/mol. The Morgan fingerprint density at radius 2 is 1.88 bits per heavy atom. The lowest BCUT2D eigenvalue weighted by atomic mass is 9.98. The van der Waals surface area contributed by atoms with Gasteiger partial charge in [-0.25, -0.2) is 0 Å². The SMILES string of the molecule is CCNC(CCC(C)C)Cc1ccccc1Br. The summed E-state index contributed by atoms with van der Waals surface area (Å²) in [5.74, 6) is 0.787. The van der Waals surface area contributed by atoms with Crippen LogP contribution in [0.15, 0.2) is 28.7 Å². The van der Waals surface area contributed by atoms with Crippen LogP contribution in [0.5, 0.6) is 0 Å². The first-order valence-electron chi connectivity index (χ1n) is 6.60. The smallest absolute Gasteiger partial charge is 0.0207 e. The molecule has 0 bridgehead atoms. The summed E-state index contributed by atoms with van der Waals surface area (Å²) >= 11 is 3.63. The van der Waals surface area contributed by atoms with Crippen molar-refractivity contribution in [3.8, 4) is 0 Å². The van der Waals surface area contributed by atoms with Gasteiger partial charge < -0.3 is 5.32 Å². The molecular formula is C15H24BrN. The van der Waals surface area contributed by atoms with Crippen molar-refractivity contribution >= 4 is 15.9 Å². The van der Waals surface area contributed by atoms with E-state index < -0.39 is 0 Å². The zero-order chi connectivity index (χ0) is 12.7. The van der Waals surface area contributed by atoms with Crippen LogP contribution in [0.25, 0.3) is 0 Å². The fourth-order valence-corrected chi connectivity index (χ4v) is 2.48. The molecule has 0 fully saturated rings. The maximum Gasteiger partial charge on any atom is 0.0207 e. The summed E-state index contributed by atoms with van der Waals surface area (Å²) < 4.78 is 1.23. The van der Waals surface area contributed by atoms with E-state index in [0.717, 1.165) is 18.9 Å². The van der Waals surface area contributed by atoms with E-state index in [1.54, 1.807) is 0 Å². The predicted octanol–water partition coefficient (Wildman–Crippen LogP) is 4.41. The molecule has 1 rings (SSSR count). The van der Waals surface area contributed by atoms with Gasteiger partial charge in [-0.3, -0.25) is 0 Å². The molecule has 0 aliphatic carbocycles. The van der Waals surface area contributed by atoms with Gasteiger partial charge in [0.05, 0.1) is 0 Å². The number of nitrogens with one attached hydrogen (secondary N) is 1. The first-order valence-corrected chi connectivity index (χ1v) is 7.39. The highest BCUT2D eigenvalue weighted by molar-refractivity contribution is 9.10. The highest BCUT2D eigenvalue weighted by Gasteiger charge is 2.10. The van der Waals surface area contributed by atoms with E-state index in [4.69, 9.17) is 0 Å². The lowest BCUT2D eigenvalue weighted by molar-refractivity contribution is 0.434. The van der Waals surface area contributed by atoms with Gasteiger partial charge in [0.25, 0.3) is 0 Å². The van der Waals surface area contributed by atoms with Gasteiger partial charge in [0.1, 0.15) is 0 Å². The molecule has 0 aliphatic heterocycles. The van der Waals surface area contributed by atoms with Crippen molar-refractivity contribution in [3.05, 3.63) is 34.3 Å². The molecule has 1 unspecified atom stereocenters. The van der Waals surface area contributed by atoms with Crippen molar-refractivity contribution in [3.63, 3.8) is 0 Å². The van der Waals surface area contributed by atoms with Crippen LogP contribution in [0.4, 0.5) is 0 Å². The standard InChI is InChI=1S/C15H24BrN/c1-4-17-14(10-9-12(2)3)11-13-7-5-6-8-15(13)16/h5-8,12,14,17H,4,9-11H2,1-3H3. The minimum atomic E-state index is 0.598. The van der Waals surface area contributed by atoms with Gasteiger partial charge in [0, 0.05) is 10.5 Å². The van der Waals surface area contributed by atoms with E-state index in [1.807, 2.05) is 0 Å². The topological polar surface area (TPSA) is 12.0 Å². The molecule has 1 aromatic carbocycles. The molecule has 0 spiro atoms. The molecule has 0 aromatic heterocycles. The number of likely N-dealkylation sites (N-methyl/N-ethyl adjacent to an activating group) is 1. The lowest BCUT2D eigenvalue weighted by Crippen LogP contribution is -2.31. The van der Waals surface area contributed by atoms with E-state index >= 15 is 0 Å². The van der Waals surface area contributed by atoms with Gasteiger partial charge in [-0.05, 0) is 43.4 Å². The molecule has 2 heteroatoms. The average molecular weight is 298 g/mol. The van der Waals surface area contributed by atoms with Gasteiger partial charge >= 0.3 is 0 Å². The molecule has 0 amide bonds. The van der Waals surface area contributed by atoms with E-state index in [2.05, 4.69) is 66.3 Å². The van der Waals surface area contributed by atoms with Gasteiger partial charge in [-0.1, -0.05) is 54.9 Å². The summed E-state index contributed by atoms with van der Waals surface area (Å²) in [5, 5.41) is 3.59. The Morgan fingerprint density at radius 3 is 2.47 bits per heavy atom. The lowest BCUT2D eigenvalue weighted by Gasteiger charge is -2.19. The summed E-state index contributed by atoms with van der Waals surface area (Å²) in [4.78, 5) is 0. The van der Waals surface area contributed by atoms with E-state index in [0.29, 0.717) is 6.04 Å². The van der Waals surface area contributed by atoms with E-state index in [1.165, 1.54) is 22.9 Å². The second-order valence-corrected chi connectivity index (χ2v) is 5.88. The van der Waals surface area contributed by atoms with E-state index in [9.17, 15) is 0 Å². The molecule has 0 heterocycles. The summed E-state index contributed by atoms with van der Waals surface area (Å²) in [6.07, 6.45) is 3.66. The molecule has 1 atom stereocenters. The van der Waals surface area contributed by atoms with Crippen LogP contribution < -0.4 is 5.32 Å². The van der Waals surface area contributed by atoms with Crippen molar-refractivity contribution in [2.45, 2.75) is 46.1 Å². The van der Waals surface area contributed by atoms with Crippen molar-refractivity contribution in [1.82, 2.24) is 5.32 Å². The Bertz CT molecular complexity index is 322. The van der Waals surface area contributed by atoms with Crippen LogP contribution in [0.3, 0.4) is 0 Å². The Morgan fingerprint density at radius 1 is 1.18 bits per heavy atom. The van der Waals surface area contributed by atoms with Crippen LogP contribution in [-0.4, -0.2) is 12.6 Å². The maximum absolute atomic E-state index is 3.63. The van der Waals surface area contributed by atoms with Crippen molar-refractivity contribution < 1.29 is 0 Å². The maximum atomic E-state index is 3.63.